The van der Waals surface area contributed by atoms with Crippen LogP contribution in [0.25, 0.3) is 22.0 Å². The molecule has 2 aromatic carbocycles. The van der Waals surface area contributed by atoms with Gasteiger partial charge in [0, 0.05) is 17.6 Å². The molecule has 1 aliphatic rings. The van der Waals surface area contributed by atoms with Crippen LogP contribution >= 0.6 is 23.2 Å². The van der Waals surface area contributed by atoms with Crippen molar-refractivity contribution in [2.24, 2.45) is 5.92 Å². The van der Waals surface area contributed by atoms with Gasteiger partial charge in [-0.1, -0.05) is 35.7 Å². The third-order valence-electron chi connectivity index (χ3n) is 6.22. The van der Waals surface area contributed by atoms with E-state index in [0.717, 1.165) is 53.5 Å². The van der Waals surface area contributed by atoms with Crippen LogP contribution in [0.4, 0.5) is 5.69 Å². The van der Waals surface area contributed by atoms with Crippen molar-refractivity contribution in [3.8, 4) is 16.9 Å². The number of hydrogen-bond donors (Lipinski definition) is 3. The van der Waals surface area contributed by atoms with E-state index < -0.39 is 0 Å². The second-order valence-electron chi connectivity index (χ2n) is 8.56. The summed E-state index contributed by atoms with van der Waals surface area (Å²) < 4.78 is 0. The lowest BCUT2D eigenvalue weighted by Crippen LogP contribution is -2.32. The van der Waals surface area contributed by atoms with E-state index in [0.29, 0.717) is 17.5 Å². The van der Waals surface area contributed by atoms with Crippen LogP contribution in [0.15, 0.2) is 36.5 Å². The molecule has 0 spiro atoms. The number of carbonyl (C=O) groups excluding carboxylic acids is 1. The van der Waals surface area contributed by atoms with Gasteiger partial charge >= 0.3 is 0 Å². The Kier molecular flexibility index (Phi) is 6.89. The molecule has 1 fully saturated rings. The third-order valence-corrected chi connectivity index (χ3v) is 6.80. The Balaban J connectivity index is 1.78. The number of aromatic hydroxyl groups is 1. The number of phenols is 1. The van der Waals surface area contributed by atoms with Crippen molar-refractivity contribution in [3.63, 3.8) is 0 Å². The lowest BCUT2D eigenvalue weighted by Gasteiger charge is -2.31. The van der Waals surface area contributed by atoms with Gasteiger partial charge in [-0.05, 0) is 81.1 Å². The third kappa shape index (κ3) is 4.70. The van der Waals surface area contributed by atoms with Crippen molar-refractivity contribution in [2.45, 2.75) is 38.6 Å². The second-order valence-corrected chi connectivity index (χ2v) is 9.37. The van der Waals surface area contributed by atoms with Gasteiger partial charge in [-0.15, -0.1) is 0 Å². The molecule has 4 rings (SSSR count). The zero-order valence-electron chi connectivity index (χ0n) is 18.2. The predicted molar refractivity (Wildman–Crippen MR) is 132 cm³/mol. The molecule has 2 unspecified atom stereocenters. The van der Waals surface area contributed by atoms with Crippen LogP contribution in [-0.4, -0.2) is 35.5 Å². The van der Waals surface area contributed by atoms with E-state index >= 15 is 0 Å². The zero-order chi connectivity index (χ0) is 22.8. The van der Waals surface area contributed by atoms with Crippen LogP contribution in [0.5, 0.6) is 5.75 Å². The molecule has 1 heterocycles. The van der Waals surface area contributed by atoms with Gasteiger partial charge in [-0.25, -0.2) is 0 Å². The van der Waals surface area contributed by atoms with Crippen LogP contribution in [0.2, 0.25) is 10.0 Å². The molecule has 0 aliphatic heterocycles. The topological polar surface area (TPSA) is 74.2 Å². The van der Waals surface area contributed by atoms with Gasteiger partial charge in [0.1, 0.15) is 0 Å². The van der Waals surface area contributed by atoms with Crippen LogP contribution in [-0.2, 0) is 0 Å². The number of fused-ring (bicyclic) bond motifs is 1. The summed E-state index contributed by atoms with van der Waals surface area (Å²) in [6.07, 6.45) is 6.18. The minimum absolute atomic E-state index is 0.0226. The van der Waals surface area contributed by atoms with Crippen molar-refractivity contribution < 1.29 is 9.90 Å². The molecular weight excluding hydrogens is 445 g/mol. The average molecular weight is 472 g/mol. The molecule has 3 aromatic rings. The molecule has 32 heavy (non-hydrogen) atoms. The predicted octanol–water partition coefficient (Wildman–Crippen LogP) is 6.31. The van der Waals surface area contributed by atoms with Gasteiger partial charge < -0.3 is 15.7 Å². The smallest absolute Gasteiger partial charge is 0.163 e. The quantitative estimate of drug-likeness (QED) is 0.367. The Morgan fingerprint density at radius 1 is 1.16 bits per heavy atom. The molecule has 1 saturated carbocycles. The number of nitrogens with zero attached hydrogens (tertiary/aromatic N) is 1. The number of hydrogen-bond acceptors (Lipinski definition) is 5. The highest BCUT2D eigenvalue weighted by molar-refractivity contribution is 6.37. The summed E-state index contributed by atoms with van der Waals surface area (Å²) in [5.41, 5.74) is 3.89. The minimum atomic E-state index is -0.130. The number of aromatic nitrogens is 1. The Labute approximate surface area is 198 Å². The van der Waals surface area contributed by atoms with Crippen LogP contribution in [0.3, 0.4) is 0 Å². The highest BCUT2D eigenvalue weighted by atomic mass is 35.5. The van der Waals surface area contributed by atoms with Gasteiger partial charge in [0.25, 0.3) is 0 Å². The number of nitrogens with one attached hydrogen (secondary N) is 2. The van der Waals surface area contributed by atoms with E-state index in [4.69, 9.17) is 23.2 Å². The van der Waals surface area contributed by atoms with Crippen molar-refractivity contribution in [2.75, 3.05) is 18.9 Å². The lowest BCUT2D eigenvalue weighted by molar-refractivity contribution is 0.101. The average Bonchev–Trinajstić information content (AvgIpc) is 2.77. The molecule has 168 valence electrons. The first-order chi connectivity index (χ1) is 15.4. The standard InChI is InChI=1S/C25H27Cl2N3O2/c1-14(31)20-13-29-23-7-6-16(17-10-21(26)25(32)22(27)11-17)9-19(23)24(20)30-18-5-3-4-15(8-18)12-28-2/h6-7,9-11,13,15,18,28,32H,3-5,8,12H2,1-2H3,(H,29,30). The Bertz CT molecular complexity index is 1140. The first-order valence-corrected chi connectivity index (χ1v) is 11.7. The molecule has 1 aromatic heterocycles. The minimum Gasteiger partial charge on any atom is -0.505 e. The van der Waals surface area contributed by atoms with Crippen LogP contribution in [0, 0.1) is 5.92 Å². The van der Waals surface area contributed by atoms with Crippen molar-refractivity contribution in [3.05, 3.63) is 52.1 Å². The fraction of sp³-hybridized carbons (Fsp3) is 0.360. The lowest BCUT2D eigenvalue weighted by atomic mass is 9.85. The summed E-state index contributed by atoms with van der Waals surface area (Å²) in [7, 11) is 1.99. The largest absolute Gasteiger partial charge is 0.505 e. The van der Waals surface area contributed by atoms with Crippen LogP contribution in [0.1, 0.15) is 43.0 Å². The number of halogens is 2. The molecule has 7 heteroatoms. The molecule has 0 radical (unpaired) electrons. The van der Waals surface area contributed by atoms with E-state index in [2.05, 4.69) is 15.6 Å². The van der Waals surface area contributed by atoms with Gasteiger partial charge in [0.05, 0.1) is 26.8 Å². The Hall–Kier alpha value is -2.34. The molecular formula is C25H27Cl2N3O2. The first kappa shape index (κ1) is 22.8. The van der Waals surface area contributed by atoms with Gasteiger partial charge in [0.15, 0.2) is 11.5 Å². The Morgan fingerprint density at radius 3 is 2.59 bits per heavy atom. The molecule has 3 N–H and O–H groups in total. The summed E-state index contributed by atoms with van der Waals surface area (Å²) >= 11 is 12.3. The molecule has 0 saturated heterocycles. The van der Waals surface area contributed by atoms with E-state index in [1.54, 1.807) is 25.3 Å². The number of rotatable bonds is 6. The number of carbonyl (C=O) groups is 1. The Morgan fingerprint density at radius 2 is 1.91 bits per heavy atom. The summed E-state index contributed by atoms with van der Waals surface area (Å²) in [6, 6.07) is 9.54. The number of pyridine rings is 1. The maximum absolute atomic E-state index is 12.4. The second kappa shape index (κ2) is 9.65. The first-order valence-electron chi connectivity index (χ1n) is 10.9. The molecule has 0 bridgehead atoms. The molecule has 2 atom stereocenters. The number of Topliss-reactive ketones (excluding diaryl/α,β-unsaturated/α-hetero) is 1. The molecule has 1 aliphatic carbocycles. The SMILES string of the molecule is CNCC1CCCC(Nc2c(C(C)=O)cnc3ccc(-c4cc(Cl)c(O)c(Cl)c4)cc23)C1. The van der Waals surface area contributed by atoms with Gasteiger partial charge in [-0.3, -0.25) is 9.78 Å². The number of ketones is 1. The molecule has 0 amide bonds. The summed E-state index contributed by atoms with van der Waals surface area (Å²) in [4.78, 5) is 17.0. The maximum atomic E-state index is 12.4. The zero-order valence-corrected chi connectivity index (χ0v) is 19.7. The fourth-order valence-corrected chi connectivity index (χ4v) is 5.11. The normalized spacial score (nSPS) is 18.6. The summed E-state index contributed by atoms with van der Waals surface area (Å²) in [5.74, 6) is 0.469. The van der Waals surface area contributed by atoms with E-state index in [1.807, 2.05) is 25.2 Å². The summed E-state index contributed by atoms with van der Waals surface area (Å²) in [5, 5.41) is 18.2. The van der Waals surface area contributed by atoms with Crippen molar-refractivity contribution >= 4 is 45.6 Å². The highest BCUT2D eigenvalue weighted by Crippen LogP contribution is 2.38. The van der Waals surface area contributed by atoms with E-state index in [9.17, 15) is 9.90 Å². The van der Waals surface area contributed by atoms with Crippen LogP contribution < -0.4 is 10.6 Å². The maximum Gasteiger partial charge on any atom is 0.163 e. The summed E-state index contributed by atoms with van der Waals surface area (Å²) in [6.45, 7) is 2.57. The number of anilines is 1. The highest BCUT2D eigenvalue weighted by Gasteiger charge is 2.24. The van der Waals surface area contributed by atoms with E-state index in [-0.39, 0.29) is 21.6 Å². The van der Waals surface area contributed by atoms with Gasteiger partial charge in [-0.2, -0.15) is 0 Å². The monoisotopic (exact) mass is 471 g/mol. The number of benzene rings is 2. The van der Waals surface area contributed by atoms with Gasteiger partial charge in [0.2, 0.25) is 0 Å². The number of phenolic OH excluding ortho intramolecular Hbond substituents is 1. The fourth-order valence-electron chi connectivity index (χ4n) is 4.63. The van der Waals surface area contributed by atoms with E-state index in [1.165, 1.54) is 6.42 Å². The van der Waals surface area contributed by atoms with Crippen molar-refractivity contribution in [1.29, 1.82) is 0 Å². The molecule has 5 nitrogen and oxygen atoms in total. The van der Waals surface area contributed by atoms with Crippen molar-refractivity contribution in [1.82, 2.24) is 10.3 Å².